The summed E-state index contributed by atoms with van der Waals surface area (Å²) in [4.78, 5) is 28.4. The van der Waals surface area contributed by atoms with Gasteiger partial charge in [0.25, 0.3) is 0 Å². The van der Waals surface area contributed by atoms with Gasteiger partial charge < -0.3 is 15.1 Å². The Balaban J connectivity index is 0.964. The summed E-state index contributed by atoms with van der Waals surface area (Å²) in [7, 11) is 0. The number of carbonyl (C=O) groups excluding carboxylic acids is 1. The Labute approximate surface area is 445 Å². The van der Waals surface area contributed by atoms with Gasteiger partial charge in [-0.25, -0.2) is 4.79 Å². The molecular formula is C69H75N2O4+. The van der Waals surface area contributed by atoms with Gasteiger partial charge in [-0.15, -0.1) is 0 Å². The quantitative estimate of drug-likeness (QED) is 0.0480. The van der Waals surface area contributed by atoms with Crippen LogP contribution in [0.4, 0.5) is 22.7 Å². The number of Topliss-reactive ketones (excluding diaryl/α,β-unsaturated/α-hetero) is 1. The zero-order chi connectivity index (χ0) is 53.0. The zero-order valence-electron chi connectivity index (χ0n) is 45.8. The van der Waals surface area contributed by atoms with Gasteiger partial charge in [0.1, 0.15) is 12.3 Å². The van der Waals surface area contributed by atoms with Crippen LogP contribution >= 0.6 is 0 Å². The fourth-order valence-corrected chi connectivity index (χ4v) is 12.6. The number of carboxylic acids is 1. The minimum atomic E-state index is -0.970. The summed E-state index contributed by atoms with van der Waals surface area (Å²) >= 11 is 0. The van der Waals surface area contributed by atoms with Gasteiger partial charge in [-0.3, -0.25) is 4.79 Å². The number of benzene rings is 6. The van der Waals surface area contributed by atoms with Gasteiger partial charge in [-0.1, -0.05) is 159 Å². The molecule has 0 fully saturated rings. The van der Waals surface area contributed by atoms with Crippen molar-refractivity contribution in [3.8, 4) is 22.3 Å². The monoisotopic (exact) mass is 996 g/mol. The summed E-state index contributed by atoms with van der Waals surface area (Å²) in [6.45, 7) is 21.0. The van der Waals surface area contributed by atoms with Crippen molar-refractivity contribution in [2.45, 2.75) is 149 Å². The fraction of sp³-hybridized carbons (Fsp3) is 0.348. The van der Waals surface area contributed by atoms with Gasteiger partial charge in [0.15, 0.2) is 5.71 Å². The molecule has 0 amide bonds. The Morgan fingerprint density at radius 3 is 1.73 bits per heavy atom. The number of aryl methyl sites for hydroxylation is 2. The van der Waals surface area contributed by atoms with Crippen LogP contribution in [0.3, 0.4) is 0 Å². The van der Waals surface area contributed by atoms with Crippen LogP contribution in [0.15, 0.2) is 144 Å². The van der Waals surface area contributed by atoms with E-state index in [4.69, 9.17) is 0 Å². The highest BCUT2D eigenvalue weighted by Gasteiger charge is 2.47. The maximum atomic E-state index is 14.0. The molecule has 6 aromatic carbocycles. The van der Waals surface area contributed by atoms with Crippen molar-refractivity contribution >= 4 is 46.3 Å². The number of anilines is 3. The van der Waals surface area contributed by atoms with Crippen LogP contribution in [0, 0.1) is 6.92 Å². The van der Waals surface area contributed by atoms with Crippen molar-refractivity contribution in [3.63, 3.8) is 0 Å². The Kier molecular flexibility index (Phi) is 13.9. The number of allylic oxidation sites excluding steroid dienone is 4. The molecule has 2 N–H and O–H groups in total. The first-order valence-corrected chi connectivity index (χ1v) is 27.8. The molecule has 3 aliphatic carbocycles. The molecule has 4 aliphatic rings. The van der Waals surface area contributed by atoms with Crippen LogP contribution < -0.4 is 4.90 Å². The third-order valence-corrected chi connectivity index (χ3v) is 17.1. The Morgan fingerprint density at radius 2 is 1.12 bits per heavy atom. The molecule has 10 rings (SSSR count). The first kappa shape index (κ1) is 51.4. The highest BCUT2D eigenvalue weighted by Crippen LogP contribution is 2.54. The van der Waals surface area contributed by atoms with Crippen LogP contribution in [0.25, 0.3) is 28.3 Å². The normalized spacial score (nSPS) is 16.8. The van der Waals surface area contributed by atoms with E-state index < -0.39 is 11.4 Å². The molecule has 1 heterocycles. The van der Waals surface area contributed by atoms with E-state index in [0.29, 0.717) is 0 Å². The molecule has 6 nitrogen and oxygen atoms in total. The molecule has 6 aromatic rings. The first-order valence-electron chi connectivity index (χ1n) is 27.8. The van der Waals surface area contributed by atoms with Gasteiger partial charge in [-0.05, 0) is 150 Å². The number of fused-ring (bicyclic) bond motifs is 7. The highest BCUT2D eigenvalue weighted by atomic mass is 16.4. The number of unbranched alkanes of at least 4 members (excludes halogenated alkanes) is 8. The Morgan fingerprint density at radius 1 is 0.573 bits per heavy atom. The summed E-state index contributed by atoms with van der Waals surface area (Å²) in [6.07, 6.45) is 18.4. The lowest BCUT2D eigenvalue weighted by atomic mass is 9.78. The third kappa shape index (κ3) is 9.23. The largest absolute Gasteiger partial charge is 0.506 e. The molecule has 75 heavy (non-hydrogen) atoms. The average molecular weight is 996 g/mol. The lowest BCUT2D eigenvalue weighted by Gasteiger charge is -2.30. The maximum absolute atomic E-state index is 14.0. The van der Waals surface area contributed by atoms with Gasteiger partial charge in [0.2, 0.25) is 11.5 Å². The molecule has 6 heteroatoms. The predicted molar refractivity (Wildman–Crippen MR) is 310 cm³/mol. The van der Waals surface area contributed by atoms with E-state index in [0.717, 1.165) is 71.8 Å². The van der Waals surface area contributed by atoms with E-state index >= 15 is 0 Å². The Bertz CT molecular complexity index is 3390. The number of ketones is 1. The topological polar surface area (TPSA) is 80.8 Å². The summed E-state index contributed by atoms with van der Waals surface area (Å²) in [5, 5.41) is 21.4. The van der Waals surface area contributed by atoms with E-state index in [9.17, 15) is 19.8 Å². The molecule has 0 unspecified atom stereocenters. The molecule has 0 saturated carbocycles. The molecule has 0 saturated heterocycles. The second kappa shape index (κ2) is 20.2. The lowest BCUT2D eigenvalue weighted by Crippen LogP contribution is -2.31. The van der Waals surface area contributed by atoms with E-state index in [1.807, 2.05) is 18.2 Å². The lowest BCUT2D eigenvalue weighted by molar-refractivity contribution is -0.438. The third-order valence-electron chi connectivity index (χ3n) is 17.1. The molecule has 0 bridgehead atoms. The van der Waals surface area contributed by atoms with E-state index in [-0.39, 0.29) is 39.1 Å². The average Bonchev–Trinajstić information content (AvgIpc) is 3.88. The van der Waals surface area contributed by atoms with Crippen molar-refractivity contribution in [2.75, 3.05) is 11.4 Å². The van der Waals surface area contributed by atoms with Crippen molar-refractivity contribution in [2.24, 2.45) is 0 Å². The molecule has 0 radical (unpaired) electrons. The molecule has 384 valence electrons. The number of aromatic carboxylic acids is 1. The van der Waals surface area contributed by atoms with Gasteiger partial charge in [0, 0.05) is 52.0 Å². The van der Waals surface area contributed by atoms with Crippen molar-refractivity contribution in [1.29, 1.82) is 0 Å². The predicted octanol–water partition coefficient (Wildman–Crippen LogP) is 17.7. The number of rotatable bonds is 19. The van der Waals surface area contributed by atoms with Crippen LogP contribution in [0.1, 0.15) is 174 Å². The van der Waals surface area contributed by atoms with E-state index in [1.54, 1.807) is 18.2 Å². The maximum Gasteiger partial charge on any atom is 0.335 e. The SMILES string of the molecule is CCCCCCCC[N+]1=C(/C=C2/C(=O)C(/C=C/c3ccc(N(c4ccc5c(c4)C(C)(C)c4cc(C)ccc4-5)c4ccc5c(c4)C(C)(C)c4cc(CCCCCC)ccc4-5)cc3)=C2O)C(C)(C)c2cc(C(=O)O)ccc21. The van der Waals surface area contributed by atoms with Crippen LogP contribution in [-0.2, 0) is 27.5 Å². The van der Waals surface area contributed by atoms with Crippen LogP contribution in [-0.4, -0.2) is 38.8 Å². The summed E-state index contributed by atoms with van der Waals surface area (Å²) in [6, 6.07) is 41.8. The number of carbonyl (C=O) groups is 2. The number of hydrogen-bond donors (Lipinski definition) is 2. The van der Waals surface area contributed by atoms with Crippen LogP contribution in [0.2, 0.25) is 0 Å². The smallest absolute Gasteiger partial charge is 0.335 e. The fourth-order valence-electron chi connectivity index (χ4n) is 12.6. The minimum Gasteiger partial charge on any atom is -0.506 e. The molecular weight excluding hydrogens is 921 g/mol. The van der Waals surface area contributed by atoms with E-state index in [2.05, 4.69) is 169 Å². The van der Waals surface area contributed by atoms with Crippen molar-refractivity contribution in [1.82, 2.24) is 0 Å². The molecule has 0 atom stereocenters. The van der Waals surface area contributed by atoms with Crippen molar-refractivity contribution in [3.05, 3.63) is 194 Å². The number of carboxylic acid groups (broad SMARTS) is 1. The Hall–Kier alpha value is -7.05. The summed E-state index contributed by atoms with van der Waals surface area (Å²) in [5.74, 6) is -1.20. The number of aliphatic hydroxyl groups excluding tert-OH is 1. The van der Waals surface area contributed by atoms with Crippen LogP contribution in [0.5, 0.6) is 0 Å². The minimum absolute atomic E-state index is 0.0224. The second-order valence-corrected chi connectivity index (χ2v) is 23.3. The number of hydrogen-bond acceptors (Lipinski definition) is 4. The summed E-state index contributed by atoms with van der Waals surface area (Å²) < 4.78 is 2.23. The van der Waals surface area contributed by atoms with Crippen molar-refractivity contribution < 1.29 is 24.4 Å². The summed E-state index contributed by atoms with van der Waals surface area (Å²) in [5.41, 5.74) is 20.0. The van der Waals surface area contributed by atoms with E-state index in [1.165, 1.54) is 101 Å². The zero-order valence-corrected chi connectivity index (χ0v) is 45.8. The number of aliphatic hydroxyl groups is 1. The number of nitrogens with zero attached hydrogens (tertiary/aromatic N) is 2. The molecule has 0 spiro atoms. The van der Waals surface area contributed by atoms with Gasteiger partial charge in [-0.2, -0.15) is 4.58 Å². The second-order valence-electron chi connectivity index (χ2n) is 23.3. The van der Waals surface area contributed by atoms with Gasteiger partial charge in [0.05, 0.1) is 22.1 Å². The molecule has 0 aromatic heterocycles. The highest BCUT2D eigenvalue weighted by molar-refractivity contribution is 6.24. The standard InChI is InChI=1S/C69H74N2O4/c1-10-12-14-16-17-19-37-70-62-36-26-47(66(74)75)40-61(62)69(8,9)63(70)43-56-64(72)55(65(56)73)33-24-45-22-27-48(28-23-45)71(49-29-34-53-51-31-21-44(3)38-57(51)67(4,5)59(53)41-49)50-30-35-54-52-32-25-46(20-18-15-13-11-2)39-58(52)68(6,7)60(54)42-50/h21-36,38-43H,10-20,37H2,1-9H3,(H-,72,73,74,75)/p+1. The van der Waals surface area contributed by atoms with Gasteiger partial charge >= 0.3 is 5.97 Å². The first-order chi connectivity index (χ1) is 35.9. The molecule has 1 aliphatic heterocycles.